The van der Waals surface area contributed by atoms with E-state index in [1.54, 1.807) is 29.2 Å². The standard InChI is InChI=1S/C18H17ClN4OS/c1-12-3-4-13(2)17(7-12)25-9-18(24)22-15-8-14(19)5-6-16(15)23-11-20-10-21-23/h3-8,10-11H,9H2,1-2H3,(H,22,24). The predicted molar refractivity (Wildman–Crippen MR) is 102 cm³/mol. The van der Waals surface area contributed by atoms with Crippen LogP contribution in [0.1, 0.15) is 11.1 Å². The van der Waals surface area contributed by atoms with Gasteiger partial charge in [-0.3, -0.25) is 4.79 Å². The molecule has 0 fully saturated rings. The Kier molecular flexibility index (Phi) is 5.40. The molecule has 0 bridgehead atoms. The molecule has 3 rings (SSSR count). The largest absolute Gasteiger partial charge is 0.323 e. The fourth-order valence-electron chi connectivity index (χ4n) is 2.33. The molecule has 1 aromatic heterocycles. The highest BCUT2D eigenvalue weighted by molar-refractivity contribution is 8.00. The van der Waals surface area contributed by atoms with Crippen molar-refractivity contribution in [2.45, 2.75) is 18.7 Å². The average Bonchev–Trinajstić information content (AvgIpc) is 3.10. The second-order valence-corrected chi connectivity index (χ2v) is 7.06. The number of carbonyl (C=O) groups excluding carboxylic acids is 1. The molecule has 3 aromatic rings. The van der Waals surface area contributed by atoms with Crippen molar-refractivity contribution in [2.24, 2.45) is 0 Å². The number of nitrogens with one attached hydrogen (secondary N) is 1. The molecule has 128 valence electrons. The number of anilines is 1. The van der Waals surface area contributed by atoms with Crippen LogP contribution in [0, 0.1) is 13.8 Å². The van der Waals surface area contributed by atoms with E-state index in [4.69, 9.17) is 11.6 Å². The third kappa shape index (κ3) is 4.41. The average molecular weight is 373 g/mol. The smallest absolute Gasteiger partial charge is 0.234 e. The lowest BCUT2D eigenvalue weighted by Gasteiger charge is -2.12. The summed E-state index contributed by atoms with van der Waals surface area (Å²) in [6, 6.07) is 11.5. The number of benzene rings is 2. The monoisotopic (exact) mass is 372 g/mol. The first kappa shape index (κ1) is 17.5. The van der Waals surface area contributed by atoms with Gasteiger partial charge in [-0.15, -0.1) is 11.8 Å². The van der Waals surface area contributed by atoms with Crippen molar-refractivity contribution in [1.29, 1.82) is 0 Å². The highest BCUT2D eigenvalue weighted by atomic mass is 35.5. The van der Waals surface area contributed by atoms with E-state index in [0.717, 1.165) is 10.5 Å². The summed E-state index contributed by atoms with van der Waals surface area (Å²) < 4.78 is 1.59. The first-order valence-corrected chi connectivity index (χ1v) is 9.04. The van der Waals surface area contributed by atoms with Crippen LogP contribution in [0.4, 0.5) is 5.69 Å². The van der Waals surface area contributed by atoms with Crippen LogP contribution in [-0.4, -0.2) is 26.4 Å². The van der Waals surface area contributed by atoms with Crippen molar-refractivity contribution in [3.63, 3.8) is 0 Å². The molecule has 0 spiro atoms. The number of rotatable bonds is 5. The number of hydrogen-bond donors (Lipinski definition) is 1. The number of carbonyl (C=O) groups is 1. The SMILES string of the molecule is Cc1ccc(C)c(SCC(=O)Nc2cc(Cl)ccc2-n2cncn2)c1. The molecule has 1 N–H and O–H groups in total. The molecule has 0 atom stereocenters. The number of halogens is 1. The molecule has 5 nitrogen and oxygen atoms in total. The van der Waals surface area contributed by atoms with Crippen molar-refractivity contribution in [3.05, 3.63) is 65.2 Å². The van der Waals surface area contributed by atoms with Crippen LogP contribution in [0.25, 0.3) is 5.69 Å². The summed E-state index contributed by atoms with van der Waals surface area (Å²) >= 11 is 7.59. The summed E-state index contributed by atoms with van der Waals surface area (Å²) in [5.41, 5.74) is 3.66. The molecule has 7 heteroatoms. The Labute approximate surface area is 155 Å². The van der Waals surface area contributed by atoms with Crippen molar-refractivity contribution >= 4 is 35.0 Å². The second-order valence-electron chi connectivity index (χ2n) is 5.61. The van der Waals surface area contributed by atoms with Crippen molar-refractivity contribution in [3.8, 4) is 5.69 Å². The molecule has 0 aliphatic carbocycles. The molecule has 1 heterocycles. The zero-order chi connectivity index (χ0) is 17.8. The van der Waals surface area contributed by atoms with Gasteiger partial charge in [-0.1, -0.05) is 29.3 Å². The van der Waals surface area contributed by atoms with Crippen LogP contribution in [0.2, 0.25) is 5.02 Å². The summed E-state index contributed by atoms with van der Waals surface area (Å²) in [6.45, 7) is 4.08. The molecule has 0 aliphatic rings. The Morgan fingerprint density at radius 3 is 2.84 bits per heavy atom. The van der Waals surface area contributed by atoms with E-state index in [1.165, 1.54) is 23.7 Å². The second kappa shape index (κ2) is 7.72. The fourth-order valence-corrected chi connectivity index (χ4v) is 3.43. The lowest BCUT2D eigenvalue weighted by molar-refractivity contribution is -0.113. The molecule has 25 heavy (non-hydrogen) atoms. The Morgan fingerprint density at radius 2 is 2.08 bits per heavy atom. The zero-order valence-corrected chi connectivity index (χ0v) is 15.4. The Morgan fingerprint density at radius 1 is 1.24 bits per heavy atom. The zero-order valence-electron chi connectivity index (χ0n) is 13.9. The summed E-state index contributed by atoms with van der Waals surface area (Å²) in [6.07, 6.45) is 3.01. The van der Waals surface area contributed by atoms with E-state index in [2.05, 4.69) is 33.6 Å². The molecule has 0 unspecified atom stereocenters. The Balaban J connectivity index is 1.73. The summed E-state index contributed by atoms with van der Waals surface area (Å²) in [4.78, 5) is 17.4. The van der Waals surface area contributed by atoms with Crippen LogP contribution in [-0.2, 0) is 4.79 Å². The van der Waals surface area contributed by atoms with Crippen LogP contribution in [0.15, 0.2) is 53.9 Å². The van der Waals surface area contributed by atoms with Gasteiger partial charge in [0, 0.05) is 9.92 Å². The Bertz CT molecular complexity index is 896. The molecule has 1 amide bonds. The van der Waals surface area contributed by atoms with E-state index in [0.29, 0.717) is 22.2 Å². The number of aromatic nitrogens is 3. The quantitative estimate of drug-likeness (QED) is 0.679. The molecule has 0 radical (unpaired) electrons. The van der Waals surface area contributed by atoms with Gasteiger partial charge < -0.3 is 5.32 Å². The number of thioether (sulfide) groups is 1. The minimum atomic E-state index is -0.102. The predicted octanol–water partition coefficient (Wildman–Crippen LogP) is 4.27. The molecule has 0 aliphatic heterocycles. The third-order valence-electron chi connectivity index (χ3n) is 3.60. The normalized spacial score (nSPS) is 10.7. The maximum Gasteiger partial charge on any atom is 0.234 e. The number of amides is 1. The molecular formula is C18H17ClN4OS. The fraction of sp³-hybridized carbons (Fsp3) is 0.167. The van der Waals surface area contributed by atoms with Gasteiger partial charge in [0.25, 0.3) is 0 Å². The maximum atomic E-state index is 12.4. The van der Waals surface area contributed by atoms with E-state index in [9.17, 15) is 4.79 Å². The highest BCUT2D eigenvalue weighted by Gasteiger charge is 2.11. The molecule has 0 saturated carbocycles. The minimum Gasteiger partial charge on any atom is -0.323 e. The molecular weight excluding hydrogens is 356 g/mol. The van der Waals surface area contributed by atoms with E-state index in [-0.39, 0.29) is 5.91 Å². The van der Waals surface area contributed by atoms with Crippen LogP contribution in [0.3, 0.4) is 0 Å². The van der Waals surface area contributed by atoms with Gasteiger partial charge in [-0.05, 0) is 43.7 Å². The van der Waals surface area contributed by atoms with E-state index in [1.807, 2.05) is 13.8 Å². The maximum absolute atomic E-state index is 12.4. The minimum absolute atomic E-state index is 0.102. The van der Waals surface area contributed by atoms with Crippen LogP contribution in [0.5, 0.6) is 0 Å². The third-order valence-corrected chi connectivity index (χ3v) is 4.99. The van der Waals surface area contributed by atoms with Crippen molar-refractivity contribution in [1.82, 2.24) is 14.8 Å². The first-order chi connectivity index (χ1) is 12.0. The summed E-state index contributed by atoms with van der Waals surface area (Å²) in [7, 11) is 0. The lowest BCUT2D eigenvalue weighted by atomic mass is 10.2. The van der Waals surface area contributed by atoms with Gasteiger partial charge in [0.2, 0.25) is 5.91 Å². The van der Waals surface area contributed by atoms with Gasteiger partial charge in [-0.25, -0.2) is 9.67 Å². The van der Waals surface area contributed by atoms with Gasteiger partial charge >= 0.3 is 0 Å². The van der Waals surface area contributed by atoms with E-state index < -0.39 is 0 Å². The number of hydrogen-bond acceptors (Lipinski definition) is 4. The van der Waals surface area contributed by atoms with E-state index >= 15 is 0 Å². The first-order valence-electron chi connectivity index (χ1n) is 7.67. The summed E-state index contributed by atoms with van der Waals surface area (Å²) in [5.74, 6) is 0.211. The summed E-state index contributed by atoms with van der Waals surface area (Å²) in [5, 5.41) is 7.56. The number of aryl methyl sites for hydroxylation is 2. The Hall–Kier alpha value is -2.31. The van der Waals surface area contributed by atoms with Crippen LogP contribution < -0.4 is 5.32 Å². The van der Waals surface area contributed by atoms with Crippen molar-refractivity contribution in [2.75, 3.05) is 11.1 Å². The van der Waals surface area contributed by atoms with Crippen LogP contribution >= 0.6 is 23.4 Å². The highest BCUT2D eigenvalue weighted by Crippen LogP contribution is 2.26. The van der Waals surface area contributed by atoms with Gasteiger partial charge in [0.05, 0.1) is 17.1 Å². The van der Waals surface area contributed by atoms with Gasteiger partial charge in [0.15, 0.2) is 0 Å². The lowest BCUT2D eigenvalue weighted by Crippen LogP contribution is -2.16. The molecule has 0 saturated heterocycles. The van der Waals surface area contributed by atoms with Crippen molar-refractivity contribution < 1.29 is 4.79 Å². The molecule has 2 aromatic carbocycles. The topological polar surface area (TPSA) is 59.8 Å². The van der Waals surface area contributed by atoms with Gasteiger partial charge in [-0.2, -0.15) is 5.10 Å². The van der Waals surface area contributed by atoms with Gasteiger partial charge in [0.1, 0.15) is 12.7 Å². The number of nitrogens with zero attached hydrogens (tertiary/aromatic N) is 3.